The summed E-state index contributed by atoms with van der Waals surface area (Å²) in [6, 6.07) is 4.83. The van der Waals surface area contributed by atoms with Crippen molar-refractivity contribution in [1.82, 2.24) is 10.6 Å². The summed E-state index contributed by atoms with van der Waals surface area (Å²) in [5.41, 5.74) is -0.111. The lowest BCUT2D eigenvalue weighted by Crippen LogP contribution is -2.54. The predicted molar refractivity (Wildman–Crippen MR) is 135 cm³/mol. The molecule has 3 saturated carbocycles. The number of benzene rings is 1. The van der Waals surface area contributed by atoms with Crippen molar-refractivity contribution in [2.75, 3.05) is 13.7 Å². The van der Waals surface area contributed by atoms with Gasteiger partial charge in [-0.25, -0.2) is 0 Å². The maximum absolute atomic E-state index is 13.2. The molecule has 37 heavy (non-hydrogen) atoms. The highest BCUT2D eigenvalue weighted by Gasteiger charge is 2.40. The van der Waals surface area contributed by atoms with Crippen LogP contribution in [-0.2, 0) is 9.59 Å². The van der Waals surface area contributed by atoms with Gasteiger partial charge in [-0.3, -0.25) is 14.4 Å². The second-order valence-electron chi connectivity index (χ2n) is 11.5. The van der Waals surface area contributed by atoms with E-state index >= 15 is 0 Å². The lowest BCUT2D eigenvalue weighted by atomic mass is 9.70. The zero-order valence-corrected chi connectivity index (χ0v) is 21.9. The Labute approximate surface area is 217 Å². The Kier molecular flexibility index (Phi) is 7.67. The van der Waals surface area contributed by atoms with Crippen LogP contribution < -0.4 is 20.1 Å². The monoisotopic (exact) mass is 511 g/mol. The van der Waals surface area contributed by atoms with Gasteiger partial charge in [0, 0.05) is 18.7 Å². The lowest BCUT2D eigenvalue weighted by Gasteiger charge is -2.40. The number of nitriles is 1. The number of nitrogens with zero attached hydrogens (tertiary/aromatic N) is 1. The van der Waals surface area contributed by atoms with Crippen molar-refractivity contribution in [3.05, 3.63) is 23.3 Å². The highest BCUT2D eigenvalue weighted by atomic mass is 16.5. The molecule has 0 heterocycles. The summed E-state index contributed by atoms with van der Waals surface area (Å²) < 4.78 is 11.5. The van der Waals surface area contributed by atoms with Crippen LogP contribution in [0.25, 0.3) is 0 Å². The molecular weight excluding hydrogens is 474 g/mol. The summed E-state index contributed by atoms with van der Waals surface area (Å²) >= 11 is 0. The molecule has 9 heteroatoms. The summed E-state index contributed by atoms with van der Waals surface area (Å²) in [5.74, 6) is -0.963. The van der Waals surface area contributed by atoms with Crippen LogP contribution in [0, 0.1) is 28.1 Å². The third kappa shape index (κ3) is 5.68. The normalized spacial score (nSPS) is 28.0. The van der Waals surface area contributed by atoms with Gasteiger partial charge in [-0.1, -0.05) is 13.3 Å². The highest BCUT2D eigenvalue weighted by molar-refractivity contribution is 5.98. The SMILES string of the molecule is COc1cc(C#N)c(O[C@H]2CC[C@@](C)(C(=O)O)CC2)cc1C(=O)NC1CC[C@H]1C(=O)NCC1(C)CCC1. The largest absolute Gasteiger partial charge is 0.496 e. The van der Waals surface area contributed by atoms with E-state index in [1.807, 2.05) is 0 Å². The van der Waals surface area contributed by atoms with Crippen LogP contribution >= 0.6 is 0 Å². The lowest BCUT2D eigenvalue weighted by molar-refractivity contribution is -0.150. The number of amides is 2. The smallest absolute Gasteiger partial charge is 0.309 e. The molecule has 2 atom stereocenters. The second-order valence-corrected chi connectivity index (χ2v) is 11.5. The summed E-state index contributed by atoms with van der Waals surface area (Å²) in [6.45, 7) is 4.59. The van der Waals surface area contributed by atoms with Crippen LogP contribution in [0.15, 0.2) is 12.1 Å². The van der Waals surface area contributed by atoms with Crippen LogP contribution in [0.3, 0.4) is 0 Å². The van der Waals surface area contributed by atoms with E-state index in [2.05, 4.69) is 23.6 Å². The minimum atomic E-state index is -0.813. The molecule has 3 fully saturated rings. The summed E-state index contributed by atoms with van der Waals surface area (Å²) in [6.07, 6.45) is 6.68. The number of aliphatic carboxylic acids is 1. The average molecular weight is 512 g/mol. The maximum atomic E-state index is 13.2. The minimum absolute atomic E-state index is 0.0221. The number of carbonyl (C=O) groups is 3. The highest BCUT2D eigenvalue weighted by Crippen LogP contribution is 2.40. The van der Waals surface area contributed by atoms with Gasteiger partial charge >= 0.3 is 5.97 Å². The topological polar surface area (TPSA) is 138 Å². The second kappa shape index (κ2) is 10.6. The van der Waals surface area contributed by atoms with Crippen molar-refractivity contribution in [1.29, 1.82) is 5.26 Å². The fourth-order valence-corrected chi connectivity index (χ4v) is 5.45. The van der Waals surface area contributed by atoms with Gasteiger partial charge in [0.1, 0.15) is 17.6 Å². The number of hydrogen-bond acceptors (Lipinski definition) is 6. The molecule has 0 bridgehead atoms. The maximum Gasteiger partial charge on any atom is 0.309 e. The van der Waals surface area contributed by atoms with E-state index in [0.29, 0.717) is 38.6 Å². The van der Waals surface area contributed by atoms with Gasteiger partial charge in [0.2, 0.25) is 5.91 Å². The van der Waals surface area contributed by atoms with Crippen molar-refractivity contribution >= 4 is 17.8 Å². The summed E-state index contributed by atoms with van der Waals surface area (Å²) in [5, 5.41) is 25.2. The third-order valence-corrected chi connectivity index (χ3v) is 8.69. The van der Waals surface area contributed by atoms with Crippen molar-refractivity contribution in [3.8, 4) is 17.6 Å². The number of nitrogens with one attached hydrogen (secondary N) is 2. The molecule has 1 aromatic rings. The van der Waals surface area contributed by atoms with Crippen molar-refractivity contribution in [2.45, 2.75) is 83.8 Å². The number of carboxylic acids is 1. The molecule has 200 valence electrons. The third-order valence-electron chi connectivity index (χ3n) is 8.69. The van der Waals surface area contributed by atoms with Crippen LogP contribution in [0.2, 0.25) is 0 Å². The van der Waals surface area contributed by atoms with Crippen LogP contribution in [0.4, 0.5) is 0 Å². The molecule has 0 aromatic heterocycles. The average Bonchev–Trinajstić information content (AvgIpc) is 2.85. The minimum Gasteiger partial charge on any atom is -0.496 e. The standard InChI is InChI=1S/C28H37N3O6/c1-27(9-4-10-27)16-30-24(32)19-5-6-21(19)31-25(33)20-14-22(17(15-29)13-23(20)36-3)37-18-7-11-28(2,12-8-18)26(34)35/h13-14,18-19,21H,4-12,16H2,1-3H3,(H,30,32)(H,31,33)(H,34,35)/t18-,19-,21?,28+/m1/s1. The molecule has 1 unspecified atom stereocenters. The first-order chi connectivity index (χ1) is 17.6. The van der Waals surface area contributed by atoms with Gasteiger partial charge in [0.15, 0.2) is 0 Å². The first-order valence-electron chi connectivity index (χ1n) is 13.2. The Morgan fingerprint density at radius 1 is 1.08 bits per heavy atom. The van der Waals surface area contributed by atoms with Crippen LogP contribution in [-0.4, -0.2) is 48.7 Å². The van der Waals surface area contributed by atoms with E-state index in [4.69, 9.17) is 9.47 Å². The summed E-state index contributed by atoms with van der Waals surface area (Å²) in [4.78, 5) is 37.5. The van der Waals surface area contributed by atoms with E-state index in [1.165, 1.54) is 25.7 Å². The van der Waals surface area contributed by atoms with Gasteiger partial charge in [0.25, 0.3) is 5.91 Å². The quantitative estimate of drug-likeness (QED) is 0.458. The van der Waals surface area contributed by atoms with Crippen molar-refractivity contribution in [2.24, 2.45) is 16.7 Å². The number of ether oxygens (including phenoxy) is 2. The van der Waals surface area contributed by atoms with Gasteiger partial charge in [-0.15, -0.1) is 0 Å². The molecule has 0 spiro atoms. The summed E-state index contributed by atoms with van der Waals surface area (Å²) in [7, 11) is 1.43. The van der Waals surface area contributed by atoms with E-state index in [-0.39, 0.29) is 57.9 Å². The first kappa shape index (κ1) is 26.8. The fraction of sp³-hybridized carbons (Fsp3) is 0.643. The van der Waals surface area contributed by atoms with Gasteiger partial charge in [-0.05, 0) is 69.8 Å². The Hall–Kier alpha value is -3.28. The van der Waals surface area contributed by atoms with Gasteiger partial charge < -0.3 is 25.2 Å². The van der Waals surface area contributed by atoms with Crippen molar-refractivity contribution < 1.29 is 29.0 Å². The van der Waals surface area contributed by atoms with E-state index in [9.17, 15) is 24.8 Å². The molecule has 0 aliphatic heterocycles. The van der Waals surface area contributed by atoms with E-state index < -0.39 is 11.4 Å². The number of carboxylic acid groups (broad SMARTS) is 1. The molecule has 3 aliphatic rings. The van der Waals surface area contributed by atoms with E-state index in [0.717, 1.165) is 19.3 Å². The van der Waals surface area contributed by atoms with Gasteiger partial charge in [0.05, 0.1) is 35.7 Å². The molecule has 3 N–H and O–H groups in total. The fourth-order valence-electron chi connectivity index (χ4n) is 5.45. The molecule has 0 radical (unpaired) electrons. The Morgan fingerprint density at radius 2 is 1.78 bits per heavy atom. The number of rotatable bonds is 9. The zero-order valence-electron chi connectivity index (χ0n) is 21.9. The zero-order chi connectivity index (χ0) is 26.8. The molecule has 9 nitrogen and oxygen atoms in total. The molecule has 1 aromatic carbocycles. The first-order valence-corrected chi connectivity index (χ1v) is 13.2. The number of hydrogen-bond donors (Lipinski definition) is 3. The Morgan fingerprint density at radius 3 is 2.30 bits per heavy atom. The number of methoxy groups -OCH3 is 1. The molecule has 2 amide bonds. The Bertz CT molecular complexity index is 1100. The molecular formula is C28H37N3O6. The van der Waals surface area contributed by atoms with Crippen molar-refractivity contribution in [3.63, 3.8) is 0 Å². The van der Waals surface area contributed by atoms with Gasteiger partial charge in [-0.2, -0.15) is 5.26 Å². The Balaban J connectivity index is 1.42. The molecule has 3 aliphatic carbocycles. The van der Waals surface area contributed by atoms with Crippen LogP contribution in [0.1, 0.15) is 87.6 Å². The molecule has 4 rings (SSSR count). The molecule has 0 saturated heterocycles. The predicted octanol–water partition coefficient (Wildman–Crippen LogP) is 3.79. The van der Waals surface area contributed by atoms with Crippen LogP contribution in [0.5, 0.6) is 11.5 Å². The van der Waals surface area contributed by atoms with E-state index in [1.54, 1.807) is 6.92 Å². The number of carbonyl (C=O) groups excluding carboxylic acids is 2.